The van der Waals surface area contributed by atoms with Gasteiger partial charge in [0.1, 0.15) is 11.4 Å². The molecule has 3 rings (SSSR count). The molecule has 2 heterocycles. The van der Waals surface area contributed by atoms with Gasteiger partial charge in [0.25, 0.3) is 0 Å². The first-order chi connectivity index (χ1) is 10.5. The number of ether oxygens (including phenoxy) is 2. The monoisotopic (exact) mass is 304 g/mol. The van der Waals surface area contributed by atoms with Crippen LogP contribution in [0.1, 0.15) is 38.3 Å². The zero-order chi connectivity index (χ0) is 15.6. The van der Waals surface area contributed by atoms with Crippen molar-refractivity contribution in [3.8, 4) is 5.75 Å². The second-order valence-electron chi connectivity index (χ2n) is 6.65. The largest absolute Gasteiger partial charge is 0.487 e. The van der Waals surface area contributed by atoms with Crippen molar-refractivity contribution >= 4 is 5.91 Å². The number of para-hydroxylation sites is 1. The van der Waals surface area contributed by atoms with Crippen LogP contribution < -0.4 is 15.4 Å². The Bertz CT molecular complexity index is 538. The Hall–Kier alpha value is -1.59. The van der Waals surface area contributed by atoms with E-state index in [9.17, 15) is 4.79 Å². The summed E-state index contributed by atoms with van der Waals surface area (Å²) in [5.41, 5.74) is 0.779. The van der Waals surface area contributed by atoms with Gasteiger partial charge in [0.15, 0.2) is 0 Å². The van der Waals surface area contributed by atoms with Crippen molar-refractivity contribution in [1.29, 1.82) is 0 Å². The number of carbonyl (C=O) groups excluding carboxylic acids is 1. The van der Waals surface area contributed by atoms with Crippen LogP contribution in [0.15, 0.2) is 24.3 Å². The Balaban J connectivity index is 1.67. The minimum atomic E-state index is -0.279. The molecule has 0 aliphatic carbocycles. The molecule has 2 atom stereocenters. The van der Waals surface area contributed by atoms with Crippen molar-refractivity contribution in [2.24, 2.45) is 0 Å². The van der Waals surface area contributed by atoms with Gasteiger partial charge in [0.2, 0.25) is 5.91 Å². The molecular weight excluding hydrogens is 280 g/mol. The van der Waals surface area contributed by atoms with E-state index in [1.807, 2.05) is 24.3 Å². The van der Waals surface area contributed by atoms with Crippen LogP contribution in [-0.2, 0) is 9.53 Å². The summed E-state index contributed by atoms with van der Waals surface area (Å²) >= 11 is 0. The van der Waals surface area contributed by atoms with E-state index < -0.39 is 0 Å². The quantitative estimate of drug-likeness (QED) is 0.894. The molecule has 120 valence electrons. The number of amides is 1. The van der Waals surface area contributed by atoms with Gasteiger partial charge in [-0.15, -0.1) is 0 Å². The van der Waals surface area contributed by atoms with Gasteiger partial charge in [-0.2, -0.15) is 0 Å². The van der Waals surface area contributed by atoms with Crippen LogP contribution in [0, 0.1) is 0 Å². The van der Waals surface area contributed by atoms with E-state index in [-0.39, 0.29) is 23.6 Å². The zero-order valence-corrected chi connectivity index (χ0v) is 13.2. The lowest BCUT2D eigenvalue weighted by Gasteiger charge is -2.38. The number of carbonyl (C=O) groups is 1. The lowest BCUT2D eigenvalue weighted by Crippen LogP contribution is -2.46. The Morgan fingerprint density at radius 3 is 3.00 bits per heavy atom. The molecule has 2 aliphatic rings. The number of benzene rings is 1. The Morgan fingerprint density at radius 2 is 2.23 bits per heavy atom. The smallest absolute Gasteiger partial charge is 0.222 e. The first kappa shape index (κ1) is 15.3. The summed E-state index contributed by atoms with van der Waals surface area (Å²) in [7, 11) is 0. The minimum absolute atomic E-state index is 0.00282. The zero-order valence-electron chi connectivity index (χ0n) is 13.2. The predicted octanol–water partition coefficient (Wildman–Crippen LogP) is 1.78. The summed E-state index contributed by atoms with van der Waals surface area (Å²) in [6.07, 6.45) is 1.21. The van der Waals surface area contributed by atoms with Crippen molar-refractivity contribution in [3.05, 3.63) is 29.8 Å². The Morgan fingerprint density at radius 1 is 1.41 bits per heavy atom. The van der Waals surface area contributed by atoms with Crippen molar-refractivity contribution in [3.63, 3.8) is 0 Å². The van der Waals surface area contributed by atoms with Gasteiger partial charge in [-0.3, -0.25) is 4.79 Å². The molecule has 0 bridgehead atoms. The average Bonchev–Trinajstić information content (AvgIpc) is 2.47. The Labute approximate surface area is 131 Å². The molecule has 1 saturated heterocycles. The molecule has 1 aromatic carbocycles. The highest BCUT2D eigenvalue weighted by Crippen LogP contribution is 2.39. The molecule has 5 nitrogen and oxygen atoms in total. The molecule has 0 saturated carbocycles. The lowest BCUT2D eigenvalue weighted by molar-refractivity contribution is -0.123. The maximum absolute atomic E-state index is 12.4. The maximum atomic E-state index is 12.4. The molecular formula is C17H24N2O3. The third-order valence-electron chi connectivity index (χ3n) is 4.14. The van der Waals surface area contributed by atoms with Gasteiger partial charge in [-0.05, 0) is 19.9 Å². The highest BCUT2D eigenvalue weighted by atomic mass is 16.5. The Kier molecular flexibility index (Phi) is 4.36. The SMILES string of the molecule is CC1(C)CC(NC(=O)CC2COCCN2)c2ccccc2O1. The van der Waals surface area contributed by atoms with E-state index in [2.05, 4.69) is 24.5 Å². The van der Waals surface area contributed by atoms with Crippen LogP contribution in [0.5, 0.6) is 5.75 Å². The van der Waals surface area contributed by atoms with E-state index >= 15 is 0 Å². The molecule has 2 N–H and O–H groups in total. The summed E-state index contributed by atoms with van der Waals surface area (Å²) < 4.78 is 11.4. The number of hydrogen-bond donors (Lipinski definition) is 2. The van der Waals surface area contributed by atoms with E-state index in [1.165, 1.54) is 0 Å². The fourth-order valence-corrected chi connectivity index (χ4v) is 3.16. The van der Waals surface area contributed by atoms with Crippen LogP contribution in [0.3, 0.4) is 0 Å². The fourth-order valence-electron chi connectivity index (χ4n) is 3.16. The lowest BCUT2D eigenvalue weighted by atomic mass is 9.89. The van der Waals surface area contributed by atoms with Crippen LogP contribution in [0.2, 0.25) is 0 Å². The van der Waals surface area contributed by atoms with E-state index in [0.29, 0.717) is 13.0 Å². The second-order valence-corrected chi connectivity index (χ2v) is 6.65. The molecule has 2 unspecified atom stereocenters. The summed E-state index contributed by atoms with van der Waals surface area (Å²) in [4.78, 5) is 12.4. The van der Waals surface area contributed by atoms with E-state index in [0.717, 1.165) is 30.9 Å². The standard InChI is InChI=1S/C17H24N2O3/c1-17(2)10-14(13-5-3-4-6-15(13)22-17)19-16(20)9-12-11-21-8-7-18-12/h3-6,12,14,18H,7-11H2,1-2H3,(H,19,20). The molecule has 0 aromatic heterocycles. The molecule has 5 heteroatoms. The van der Waals surface area contributed by atoms with E-state index in [4.69, 9.17) is 9.47 Å². The summed E-state index contributed by atoms with van der Waals surface area (Å²) in [5.74, 6) is 0.920. The predicted molar refractivity (Wildman–Crippen MR) is 83.9 cm³/mol. The molecule has 0 spiro atoms. The van der Waals surface area contributed by atoms with Crippen molar-refractivity contribution in [2.75, 3.05) is 19.8 Å². The van der Waals surface area contributed by atoms with Crippen molar-refractivity contribution < 1.29 is 14.3 Å². The first-order valence-electron chi connectivity index (χ1n) is 7.92. The molecule has 22 heavy (non-hydrogen) atoms. The maximum Gasteiger partial charge on any atom is 0.222 e. The van der Waals surface area contributed by atoms with Gasteiger partial charge in [-0.25, -0.2) is 0 Å². The summed E-state index contributed by atoms with van der Waals surface area (Å²) in [6, 6.07) is 8.04. The van der Waals surface area contributed by atoms with Gasteiger partial charge in [0, 0.05) is 31.0 Å². The average molecular weight is 304 g/mol. The fraction of sp³-hybridized carbons (Fsp3) is 0.588. The van der Waals surface area contributed by atoms with Gasteiger partial charge < -0.3 is 20.1 Å². The number of fused-ring (bicyclic) bond motifs is 1. The third kappa shape index (κ3) is 3.59. The number of hydrogen-bond acceptors (Lipinski definition) is 4. The molecule has 0 radical (unpaired) electrons. The molecule has 1 aromatic rings. The summed E-state index contributed by atoms with van der Waals surface area (Å²) in [5, 5.41) is 6.48. The van der Waals surface area contributed by atoms with Gasteiger partial charge >= 0.3 is 0 Å². The van der Waals surface area contributed by atoms with Crippen LogP contribution >= 0.6 is 0 Å². The number of nitrogens with one attached hydrogen (secondary N) is 2. The third-order valence-corrected chi connectivity index (χ3v) is 4.14. The molecule has 2 aliphatic heterocycles. The van der Waals surface area contributed by atoms with Crippen molar-refractivity contribution in [1.82, 2.24) is 10.6 Å². The van der Waals surface area contributed by atoms with Crippen LogP contribution in [-0.4, -0.2) is 37.3 Å². The normalized spacial score (nSPS) is 26.6. The van der Waals surface area contributed by atoms with Crippen LogP contribution in [0.4, 0.5) is 0 Å². The van der Waals surface area contributed by atoms with Gasteiger partial charge in [0.05, 0.1) is 19.3 Å². The summed E-state index contributed by atoms with van der Waals surface area (Å²) in [6.45, 7) is 6.24. The topological polar surface area (TPSA) is 59.6 Å². The highest BCUT2D eigenvalue weighted by molar-refractivity contribution is 5.77. The van der Waals surface area contributed by atoms with Crippen LogP contribution in [0.25, 0.3) is 0 Å². The minimum Gasteiger partial charge on any atom is -0.487 e. The number of morpholine rings is 1. The second kappa shape index (κ2) is 6.26. The molecule has 1 amide bonds. The first-order valence-corrected chi connectivity index (χ1v) is 7.92. The van der Waals surface area contributed by atoms with E-state index in [1.54, 1.807) is 0 Å². The number of rotatable bonds is 3. The molecule has 1 fully saturated rings. The van der Waals surface area contributed by atoms with Gasteiger partial charge in [-0.1, -0.05) is 18.2 Å². The highest BCUT2D eigenvalue weighted by Gasteiger charge is 2.34. The van der Waals surface area contributed by atoms with Crippen molar-refractivity contribution in [2.45, 2.75) is 44.4 Å².